The lowest BCUT2D eigenvalue weighted by Gasteiger charge is -2.41. The molecular weight excluding hydrogens is 364 g/mol. The number of rotatable bonds is 4. The zero-order valence-electron chi connectivity index (χ0n) is 16.3. The van der Waals surface area contributed by atoms with Crippen LogP contribution in [0.3, 0.4) is 0 Å². The van der Waals surface area contributed by atoms with Gasteiger partial charge in [-0.3, -0.25) is 9.59 Å². The van der Waals surface area contributed by atoms with E-state index < -0.39 is 12.1 Å². The number of likely N-dealkylation sites (N-methyl/N-ethyl adjacent to an activating group) is 1. The van der Waals surface area contributed by atoms with Crippen LogP contribution in [0.25, 0.3) is 0 Å². The molecule has 0 spiro atoms. The van der Waals surface area contributed by atoms with Gasteiger partial charge in [-0.1, -0.05) is 6.07 Å². The van der Waals surface area contributed by atoms with E-state index >= 15 is 0 Å². The number of ether oxygens (including phenoxy) is 1. The number of nitrogens with one attached hydrogen (secondary N) is 1. The molecule has 2 unspecified atom stereocenters. The molecule has 28 heavy (non-hydrogen) atoms. The Morgan fingerprint density at radius 3 is 2.64 bits per heavy atom. The van der Waals surface area contributed by atoms with Gasteiger partial charge in [0.25, 0.3) is 5.91 Å². The first kappa shape index (κ1) is 19.9. The van der Waals surface area contributed by atoms with E-state index in [4.69, 9.17) is 4.74 Å². The van der Waals surface area contributed by atoms with Crippen molar-refractivity contribution in [1.29, 1.82) is 0 Å². The van der Waals surface area contributed by atoms with Crippen LogP contribution in [-0.4, -0.2) is 96.7 Å². The first-order chi connectivity index (χ1) is 13.4. The number of nitrogens with zero attached hydrogens (tertiary/aromatic N) is 3. The average Bonchev–Trinajstić information content (AvgIpc) is 3.05. The molecule has 2 fully saturated rings. The van der Waals surface area contributed by atoms with Crippen LogP contribution < -0.4 is 10.1 Å². The highest BCUT2D eigenvalue weighted by Crippen LogP contribution is 2.24. The van der Waals surface area contributed by atoms with Crippen LogP contribution >= 0.6 is 0 Å². The predicted octanol–water partition coefficient (Wildman–Crippen LogP) is -0.327. The van der Waals surface area contributed by atoms with E-state index in [1.165, 1.54) is 4.90 Å². The van der Waals surface area contributed by atoms with Gasteiger partial charge in [0.05, 0.1) is 26.3 Å². The summed E-state index contributed by atoms with van der Waals surface area (Å²) in [6, 6.07) is 3.89. The molecule has 9 heteroatoms. The van der Waals surface area contributed by atoms with Crippen molar-refractivity contribution in [3.05, 3.63) is 29.3 Å². The van der Waals surface area contributed by atoms with Crippen LogP contribution in [0.5, 0.6) is 5.75 Å². The quantitative estimate of drug-likeness (QED) is 0.733. The van der Waals surface area contributed by atoms with Gasteiger partial charge in [-0.25, -0.2) is 4.79 Å². The lowest BCUT2D eigenvalue weighted by Crippen LogP contribution is -2.60. The van der Waals surface area contributed by atoms with Crippen molar-refractivity contribution < 1.29 is 24.2 Å². The van der Waals surface area contributed by atoms with Gasteiger partial charge in [-0.15, -0.1) is 0 Å². The first-order valence-electron chi connectivity index (χ1n) is 9.23. The zero-order chi connectivity index (χ0) is 20.4. The molecule has 3 rings (SSSR count). The smallest absolute Gasteiger partial charge is 0.317 e. The molecular formula is C19H26N4O5. The molecule has 0 bridgehead atoms. The summed E-state index contributed by atoms with van der Waals surface area (Å²) in [5.74, 6) is 0.235. The molecule has 2 aliphatic heterocycles. The minimum Gasteiger partial charge on any atom is -0.496 e. The number of benzene rings is 1. The number of hydrogen-bond donors (Lipinski definition) is 2. The topological polar surface area (TPSA) is 102 Å². The highest BCUT2D eigenvalue weighted by atomic mass is 16.5. The second-order valence-corrected chi connectivity index (χ2v) is 7.13. The van der Waals surface area contributed by atoms with Gasteiger partial charge in [0.2, 0.25) is 5.91 Å². The van der Waals surface area contributed by atoms with Gasteiger partial charge in [0.1, 0.15) is 11.8 Å². The molecule has 2 atom stereocenters. The Labute approximate surface area is 163 Å². The summed E-state index contributed by atoms with van der Waals surface area (Å²) in [6.45, 7) is 2.75. The highest BCUT2D eigenvalue weighted by Gasteiger charge is 2.38. The van der Waals surface area contributed by atoms with E-state index in [1.807, 2.05) is 6.92 Å². The minimum atomic E-state index is -0.597. The molecule has 0 radical (unpaired) electrons. The zero-order valence-corrected chi connectivity index (χ0v) is 16.3. The van der Waals surface area contributed by atoms with Crippen molar-refractivity contribution in [2.75, 3.05) is 46.9 Å². The number of urea groups is 1. The van der Waals surface area contributed by atoms with Crippen molar-refractivity contribution in [2.45, 2.75) is 19.0 Å². The van der Waals surface area contributed by atoms with E-state index in [1.54, 1.807) is 42.2 Å². The fourth-order valence-corrected chi connectivity index (χ4v) is 3.72. The standard InChI is InChI=1S/C19H26N4O5/c1-12-14(5-4-6-16(12)28-3)17(25)23-8-7-22(9-13(23)11-24)18(26)15-10-21(2)19(27)20-15/h4-6,13,15,24H,7-11H2,1-3H3,(H,20,27). The molecule has 2 aliphatic rings. The van der Waals surface area contributed by atoms with E-state index in [-0.39, 0.29) is 31.0 Å². The Kier molecular flexibility index (Phi) is 5.73. The number of hydrogen-bond acceptors (Lipinski definition) is 5. The summed E-state index contributed by atoms with van der Waals surface area (Å²) >= 11 is 0. The maximum Gasteiger partial charge on any atom is 0.317 e. The lowest BCUT2D eigenvalue weighted by molar-refractivity contribution is -0.135. The molecule has 152 valence electrons. The summed E-state index contributed by atoms with van der Waals surface area (Å²) in [7, 11) is 3.18. The van der Waals surface area contributed by atoms with Crippen molar-refractivity contribution in [3.63, 3.8) is 0 Å². The molecule has 2 saturated heterocycles. The van der Waals surface area contributed by atoms with E-state index in [0.29, 0.717) is 30.9 Å². The molecule has 1 aromatic carbocycles. The van der Waals surface area contributed by atoms with Crippen LogP contribution in [0.4, 0.5) is 4.79 Å². The van der Waals surface area contributed by atoms with E-state index in [9.17, 15) is 19.5 Å². The molecule has 2 N–H and O–H groups in total. The lowest BCUT2D eigenvalue weighted by atomic mass is 10.0. The summed E-state index contributed by atoms with van der Waals surface area (Å²) in [5, 5.41) is 12.5. The van der Waals surface area contributed by atoms with Crippen LogP contribution in [0, 0.1) is 6.92 Å². The number of methoxy groups -OCH3 is 1. The SMILES string of the molecule is COc1cccc(C(=O)N2CCN(C(=O)C3CN(C)C(=O)N3)CC2CO)c1C. The van der Waals surface area contributed by atoms with Gasteiger partial charge in [-0.2, -0.15) is 0 Å². The fraction of sp³-hybridized carbons (Fsp3) is 0.526. The van der Waals surface area contributed by atoms with Gasteiger partial charge < -0.3 is 29.9 Å². The van der Waals surface area contributed by atoms with Crippen molar-refractivity contribution in [3.8, 4) is 5.75 Å². The number of aliphatic hydroxyl groups is 1. The largest absolute Gasteiger partial charge is 0.496 e. The number of amides is 4. The maximum absolute atomic E-state index is 13.1. The Balaban J connectivity index is 1.72. The van der Waals surface area contributed by atoms with E-state index in [2.05, 4.69) is 5.32 Å². The Morgan fingerprint density at radius 2 is 2.04 bits per heavy atom. The molecule has 0 saturated carbocycles. The van der Waals surface area contributed by atoms with Crippen molar-refractivity contribution in [2.24, 2.45) is 0 Å². The van der Waals surface area contributed by atoms with Crippen molar-refractivity contribution in [1.82, 2.24) is 20.0 Å². The van der Waals surface area contributed by atoms with Crippen LogP contribution in [0.1, 0.15) is 15.9 Å². The first-order valence-corrected chi connectivity index (χ1v) is 9.23. The number of aliphatic hydroxyl groups excluding tert-OH is 1. The summed E-state index contributed by atoms with van der Waals surface area (Å²) in [5.41, 5.74) is 1.25. The van der Waals surface area contributed by atoms with Gasteiger partial charge in [0.15, 0.2) is 0 Å². The molecule has 9 nitrogen and oxygen atoms in total. The number of piperazine rings is 1. The second kappa shape index (κ2) is 8.05. The Hall–Kier alpha value is -2.81. The van der Waals surface area contributed by atoms with Gasteiger partial charge in [-0.05, 0) is 19.1 Å². The van der Waals surface area contributed by atoms with Gasteiger partial charge in [0, 0.05) is 37.8 Å². The summed E-state index contributed by atoms with van der Waals surface area (Å²) < 4.78 is 5.29. The maximum atomic E-state index is 13.1. The Bertz CT molecular complexity index is 784. The van der Waals surface area contributed by atoms with Crippen molar-refractivity contribution >= 4 is 17.8 Å². The number of carbonyl (C=O) groups excluding carboxylic acids is 3. The molecule has 1 aromatic rings. The Morgan fingerprint density at radius 1 is 1.29 bits per heavy atom. The van der Waals surface area contributed by atoms with Crippen LogP contribution in [0.2, 0.25) is 0 Å². The molecule has 4 amide bonds. The van der Waals surface area contributed by atoms with Crippen LogP contribution in [-0.2, 0) is 4.79 Å². The monoisotopic (exact) mass is 390 g/mol. The normalized spacial score (nSPS) is 22.3. The highest BCUT2D eigenvalue weighted by molar-refractivity contribution is 5.97. The third-order valence-corrected chi connectivity index (χ3v) is 5.40. The third-order valence-electron chi connectivity index (χ3n) is 5.40. The summed E-state index contributed by atoms with van der Waals surface area (Å²) in [4.78, 5) is 42.1. The fourth-order valence-electron chi connectivity index (χ4n) is 3.72. The average molecular weight is 390 g/mol. The van der Waals surface area contributed by atoms with E-state index in [0.717, 1.165) is 5.56 Å². The third kappa shape index (κ3) is 3.62. The second-order valence-electron chi connectivity index (χ2n) is 7.13. The molecule has 0 aliphatic carbocycles. The molecule has 2 heterocycles. The summed E-state index contributed by atoms with van der Waals surface area (Å²) in [6.07, 6.45) is 0. The predicted molar refractivity (Wildman–Crippen MR) is 101 cm³/mol. The minimum absolute atomic E-state index is 0.194. The number of carbonyl (C=O) groups is 3. The molecule has 0 aromatic heterocycles. The van der Waals surface area contributed by atoms with Gasteiger partial charge >= 0.3 is 6.03 Å². The van der Waals surface area contributed by atoms with Crippen LogP contribution in [0.15, 0.2) is 18.2 Å².